The van der Waals surface area contributed by atoms with Gasteiger partial charge in [0.05, 0.1) is 18.2 Å². The van der Waals surface area contributed by atoms with Gasteiger partial charge in [0.15, 0.2) is 0 Å². The van der Waals surface area contributed by atoms with Gasteiger partial charge in [-0.05, 0) is 50.3 Å². The molecule has 0 N–H and O–H groups in total. The van der Waals surface area contributed by atoms with Crippen LogP contribution in [0.4, 0.5) is 0 Å². The van der Waals surface area contributed by atoms with Crippen LogP contribution in [0, 0.1) is 17.2 Å². The van der Waals surface area contributed by atoms with Crippen LogP contribution < -0.4 is 0 Å². The molecule has 0 aliphatic carbocycles. The molecule has 3 nitrogen and oxygen atoms in total. The third kappa shape index (κ3) is 4.06. The van der Waals surface area contributed by atoms with E-state index < -0.39 is 0 Å². The summed E-state index contributed by atoms with van der Waals surface area (Å²) in [6, 6.07) is 10.8. The summed E-state index contributed by atoms with van der Waals surface area (Å²) in [6.07, 6.45) is 2.25. The van der Waals surface area contributed by atoms with Crippen molar-refractivity contribution in [1.29, 1.82) is 5.26 Å². The van der Waals surface area contributed by atoms with Gasteiger partial charge in [-0.3, -0.25) is 4.90 Å². The zero-order chi connectivity index (χ0) is 14.4. The third-order valence-electron chi connectivity index (χ3n) is 4.09. The molecule has 2 unspecified atom stereocenters. The Balaban J connectivity index is 1.83. The Morgan fingerprint density at radius 1 is 1.45 bits per heavy atom. The maximum absolute atomic E-state index is 8.93. The van der Waals surface area contributed by atoms with Crippen molar-refractivity contribution in [1.82, 2.24) is 4.90 Å². The van der Waals surface area contributed by atoms with Crippen LogP contribution in [0.25, 0.3) is 0 Å². The van der Waals surface area contributed by atoms with Crippen molar-refractivity contribution in [2.45, 2.75) is 32.7 Å². The number of nitriles is 1. The van der Waals surface area contributed by atoms with Gasteiger partial charge in [0.1, 0.15) is 0 Å². The minimum absolute atomic E-state index is 0.639. The van der Waals surface area contributed by atoms with Crippen molar-refractivity contribution < 1.29 is 4.74 Å². The van der Waals surface area contributed by atoms with E-state index in [1.54, 1.807) is 0 Å². The summed E-state index contributed by atoms with van der Waals surface area (Å²) < 4.78 is 5.54. The Bertz CT molecular complexity index is 466. The molecule has 1 aliphatic heterocycles. The SMILES string of the molecule is CCOCC1CC(C)N(CCc2cccc(C#N)c2)C1. The van der Waals surface area contributed by atoms with Crippen LogP contribution in [0.5, 0.6) is 0 Å². The van der Waals surface area contributed by atoms with Gasteiger partial charge in [-0.2, -0.15) is 5.26 Å². The van der Waals surface area contributed by atoms with Gasteiger partial charge in [-0.25, -0.2) is 0 Å². The van der Waals surface area contributed by atoms with Crippen LogP contribution in [-0.4, -0.2) is 37.2 Å². The predicted octanol–water partition coefficient (Wildman–Crippen LogP) is 2.85. The molecule has 1 aliphatic rings. The summed E-state index contributed by atoms with van der Waals surface area (Å²) in [5.41, 5.74) is 2.01. The number of hydrogen-bond donors (Lipinski definition) is 0. The normalized spacial score (nSPS) is 22.9. The summed E-state index contributed by atoms with van der Waals surface area (Å²) in [5.74, 6) is 0.676. The van der Waals surface area contributed by atoms with Crippen molar-refractivity contribution in [2.24, 2.45) is 5.92 Å². The Hall–Kier alpha value is -1.37. The van der Waals surface area contributed by atoms with Crippen molar-refractivity contribution >= 4 is 0 Å². The van der Waals surface area contributed by atoms with E-state index in [4.69, 9.17) is 10.00 Å². The number of ether oxygens (including phenoxy) is 1. The molecule has 0 spiro atoms. The minimum Gasteiger partial charge on any atom is -0.381 e. The lowest BCUT2D eigenvalue weighted by atomic mass is 10.1. The van der Waals surface area contributed by atoms with Gasteiger partial charge < -0.3 is 4.74 Å². The monoisotopic (exact) mass is 272 g/mol. The maximum atomic E-state index is 8.93. The molecule has 0 amide bonds. The molecule has 20 heavy (non-hydrogen) atoms. The van der Waals surface area contributed by atoms with Crippen LogP contribution >= 0.6 is 0 Å². The van der Waals surface area contributed by atoms with E-state index in [2.05, 4.69) is 30.9 Å². The predicted molar refractivity (Wildman–Crippen MR) is 80.5 cm³/mol. The van der Waals surface area contributed by atoms with E-state index in [1.165, 1.54) is 12.0 Å². The zero-order valence-electron chi connectivity index (χ0n) is 12.5. The molecule has 1 heterocycles. The molecule has 1 aromatic carbocycles. The third-order valence-corrected chi connectivity index (χ3v) is 4.09. The summed E-state index contributed by atoms with van der Waals surface area (Å²) in [4.78, 5) is 2.54. The lowest BCUT2D eigenvalue weighted by molar-refractivity contribution is 0.112. The number of rotatable bonds is 6. The first-order chi connectivity index (χ1) is 9.72. The lowest BCUT2D eigenvalue weighted by Crippen LogP contribution is -2.29. The highest BCUT2D eigenvalue weighted by Crippen LogP contribution is 2.23. The summed E-state index contributed by atoms with van der Waals surface area (Å²) >= 11 is 0. The van der Waals surface area contributed by atoms with Gasteiger partial charge in [-0.1, -0.05) is 12.1 Å². The molecule has 1 saturated heterocycles. The van der Waals surface area contributed by atoms with Crippen LogP contribution in [0.15, 0.2) is 24.3 Å². The number of nitrogens with zero attached hydrogens (tertiary/aromatic N) is 2. The topological polar surface area (TPSA) is 36.3 Å². The molecule has 0 aromatic heterocycles. The van der Waals surface area contributed by atoms with Gasteiger partial charge in [0, 0.05) is 25.7 Å². The summed E-state index contributed by atoms with van der Waals surface area (Å²) in [7, 11) is 0. The molecule has 0 saturated carbocycles. The molecule has 2 atom stereocenters. The van der Waals surface area contributed by atoms with Crippen LogP contribution in [0.2, 0.25) is 0 Å². The quantitative estimate of drug-likeness (QED) is 0.799. The van der Waals surface area contributed by atoms with Gasteiger partial charge in [-0.15, -0.1) is 0 Å². The second-order valence-electron chi connectivity index (χ2n) is 5.67. The second-order valence-corrected chi connectivity index (χ2v) is 5.67. The standard InChI is InChI=1S/C17H24N2O/c1-3-20-13-17-9-14(2)19(12-17)8-7-15-5-4-6-16(10-15)11-18/h4-6,10,14,17H,3,7-9,12-13H2,1-2H3. The highest BCUT2D eigenvalue weighted by molar-refractivity contribution is 5.32. The lowest BCUT2D eigenvalue weighted by Gasteiger charge is -2.21. The van der Waals surface area contributed by atoms with Crippen LogP contribution in [-0.2, 0) is 11.2 Å². The molecule has 0 bridgehead atoms. The second kappa shape index (κ2) is 7.42. The molecule has 3 heteroatoms. The minimum atomic E-state index is 0.639. The van der Waals surface area contributed by atoms with Crippen molar-refractivity contribution in [3.05, 3.63) is 35.4 Å². The summed E-state index contributed by atoms with van der Waals surface area (Å²) in [5, 5.41) is 8.93. The van der Waals surface area contributed by atoms with Crippen molar-refractivity contribution in [3.63, 3.8) is 0 Å². The molecular weight excluding hydrogens is 248 g/mol. The van der Waals surface area contributed by atoms with E-state index in [0.717, 1.165) is 38.3 Å². The fraction of sp³-hybridized carbons (Fsp3) is 0.588. The molecular formula is C17H24N2O. The maximum Gasteiger partial charge on any atom is 0.0991 e. The number of benzene rings is 1. The molecule has 0 radical (unpaired) electrons. The first-order valence-corrected chi connectivity index (χ1v) is 7.53. The van der Waals surface area contributed by atoms with Gasteiger partial charge in [0.25, 0.3) is 0 Å². The van der Waals surface area contributed by atoms with E-state index in [0.29, 0.717) is 12.0 Å². The first-order valence-electron chi connectivity index (χ1n) is 7.53. The van der Waals surface area contributed by atoms with Crippen molar-refractivity contribution in [3.8, 4) is 6.07 Å². The Morgan fingerprint density at radius 3 is 3.05 bits per heavy atom. The van der Waals surface area contributed by atoms with Crippen LogP contribution in [0.3, 0.4) is 0 Å². The summed E-state index contributed by atoms with van der Waals surface area (Å²) in [6.45, 7) is 8.26. The highest BCUT2D eigenvalue weighted by Gasteiger charge is 2.28. The molecule has 2 rings (SSSR count). The number of likely N-dealkylation sites (tertiary alicyclic amines) is 1. The van der Waals surface area contributed by atoms with E-state index in [9.17, 15) is 0 Å². The van der Waals surface area contributed by atoms with E-state index in [-0.39, 0.29) is 0 Å². The first kappa shape index (κ1) is 15.0. The number of hydrogen-bond acceptors (Lipinski definition) is 3. The Morgan fingerprint density at radius 2 is 2.30 bits per heavy atom. The average molecular weight is 272 g/mol. The molecule has 1 fully saturated rings. The largest absolute Gasteiger partial charge is 0.381 e. The van der Waals surface area contributed by atoms with Crippen LogP contribution in [0.1, 0.15) is 31.4 Å². The van der Waals surface area contributed by atoms with Gasteiger partial charge in [0.2, 0.25) is 0 Å². The average Bonchev–Trinajstić information content (AvgIpc) is 2.83. The smallest absolute Gasteiger partial charge is 0.0991 e. The fourth-order valence-corrected chi connectivity index (χ4v) is 3.00. The Kier molecular flexibility index (Phi) is 5.58. The Labute approximate surface area is 122 Å². The highest BCUT2D eigenvalue weighted by atomic mass is 16.5. The van der Waals surface area contributed by atoms with E-state index in [1.807, 2.05) is 18.2 Å². The molecule has 1 aromatic rings. The van der Waals surface area contributed by atoms with E-state index >= 15 is 0 Å². The molecule has 108 valence electrons. The zero-order valence-corrected chi connectivity index (χ0v) is 12.5. The van der Waals surface area contributed by atoms with Crippen molar-refractivity contribution in [2.75, 3.05) is 26.3 Å². The fourth-order valence-electron chi connectivity index (χ4n) is 3.00. The van der Waals surface area contributed by atoms with Gasteiger partial charge >= 0.3 is 0 Å².